The molecular weight excluding hydrogens is 276 g/mol. The van der Waals surface area contributed by atoms with E-state index in [1.165, 1.54) is 0 Å². The highest BCUT2D eigenvalue weighted by Gasteiger charge is 2.30. The van der Waals surface area contributed by atoms with E-state index in [1.54, 1.807) is 0 Å². The smallest absolute Gasteiger partial charge is 0.225 e. The molecule has 1 aromatic heterocycles. The molecule has 1 fully saturated rings. The molecule has 0 radical (unpaired) electrons. The van der Waals surface area contributed by atoms with Gasteiger partial charge in [0.25, 0.3) is 0 Å². The summed E-state index contributed by atoms with van der Waals surface area (Å²) in [6.07, 6.45) is 3.52. The number of hydrogen-bond acceptors (Lipinski definition) is 3. The van der Waals surface area contributed by atoms with Crippen LogP contribution in [0.4, 0.5) is 0 Å². The largest absolute Gasteiger partial charge is 0.461 e. The number of aryl methyl sites for hydroxylation is 1. The third-order valence-corrected chi connectivity index (χ3v) is 4.70. The van der Waals surface area contributed by atoms with E-state index in [0.29, 0.717) is 6.54 Å². The Hall–Kier alpha value is -1.81. The Morgan fingerprint density at radius 3 is 2.82 bits per heavy atom. The van der Waals surface area contributed by atoms with Crippen LogP contribution in [0.3, 0.4) is 0 Å². The molecular formula is C18H24N2O2. The van der Waals surface area contributed by atoms with Gasteiger partial charge in [-0.2, -0.15) is 0 Å². The minimum absolute atomic E-state index is 0.0863. The molecule has 0 saturated heterocycles. The normalized spacial score (nSPS) is 21.4. The molecule has 0 aliphatic heterocycles. The molecule has 3 rings (SSSR count). The molecule has 0 bridgehead atoms. The number of carbonyl (C=O) groups excluding carboxylic acids is 1. The van der Waals surface area contributed by atoms with Gasteiger partial charge in [0.2, 0.25) is 5.91 Å². The maximum absolute atomic E-state index is 12.6. The molecule has 1 amide bonds. The molecule has 22 heavy (non-hydrogen) atoms. The van der Waals surface area contributed by atoms with Crippen LogP contribution in [0.15, 0.2) is 28.7 Å². The summed E-state index contributed by atoms with van der Waals surface area (Å²) >= 11 is 0. The summed E-state index contributed by atoms with van der Waals surface area (Å²) in [5.74, 6) is 1.27. The van der Waals surface area contributed by atoms with Crippen molar-refractivity contribution in [3.8, 4) is 0 Å². The standard InChI is InChI=1S/C18H24N2O2/c1-3-16-15(14-6-4-5-7-17(14)22-16)11-20(2)18(21)12-8-9-13(19)10-12/h4-7,12-13H,3,8-11,19H2,1-2H3. The van der Waals surface area contributed by atoms with Gasteiger partial charge >= 0.3 is 0 Å². The van der Waals surface area contributed by atoms with Crippen molar-refractivity contribution in [2.24, 2.45) is 11.7 Å². The fraction of sp³-hybridized carbons (Fsp3) is 0.500. The Kier molecular flexibility index (Phi) is 4.21. The van der Waals surface area contributed by atoms with Crippen molar-refractivity contribution in [1.29, 1.82) is 0 Å². The van der Waals surface area contributed by atoms with Crippen molar-refractivity contribution in [3.05, 3.63) is 35.6 Å². The van der Waals surface area contributed by atoms with Crippen LogP contribution in [-0.4, -0.2) is 23.9 Å². The summed E-state index contributed by atoms with van der Waals surface area (Å²) < 4.78 is 5.91. The number of furan rings is 1. The van der Waals surface area contributed by atoms with Gasteiger partial charge in [-0.05, 0) is 25.3 Å². The number of fused-ring (bicyclic) bond motifs is 1. The van der Waals surface area contributed by atoms with E-state index in [2.05, 4.69) is 13.0 Å². The molecule has 0 spiro atoms. The predicted octanol–water partition coefficient (Wildman–Crippen LogP) is 3.08. The predicted molar refractivity (Wildman–Crippen MR) is 87.4 cm³/mol. The van der Waals surface area contributed by atoms with Crippen LogP contribution in [-0.2, 0) is 17.8 Å². The first-order chi connectivity index (χ1) is 10.6. The fourth-order valence-corrected chi connectivity index (χ4v) is 3.48. The molecule has 2 unspecified atom stereocenters. The molecule has 1 saturated carbocycles. The molecule has 2 N–H and O–H groups in total. The minimum Gasteiger partial charge on any atom is -0.461 e. The van der Waals surface area contributed by atoms with Gasteiger partial charge < -0.3 is 15.1 Å². The average Bonchev–Trinajstić information content (AvgIpc) is 3.10. The van der Waals surface area contributed by atoms with E-state index < -0.39 is 0 Å². The van der Waals surface area contributed by atoms with E-state index >= 15 is 0 Å². The van der Waals surface area contributed by atoms with Gasteiger partial charge in [0.1, 0.15) is 11.3 Å². The number of benzene rings is 1. The van der Waals surface area contributed by atoms with Gasteiger partial charge in [-0.15, -0.1) is 0 Å². The molecule has 1 aliphatic rings. The first-order valence-electron chi connectivity index (χ1n) is 8.10. The second-order valence-corrected chi connectivity index (χ2v) is 6.32. The number of rotatable bonds is 4. The van der Waals surface area contributed by atoms with Gasteiger partial charge in [0, 0.05) is 42.9 Å². The van der Waals surface area contributed by atoms with Crippen LogP contribution in [0.25, 0.3) is 11.0 Å². The summed E-state index contributed by atoms with van der Waals surface area (Å²) in [7, 11) is 1.88. The number of nitrogens with two attached hydrogens (primary N) is 1. The molecule has 4 heteroatoms. The lowest BCUT2D eigenvalue weighted by atomic mass is 10.0. The highest BCUT2D eigenvalue weighted by molar-refractivity contribution is 5.84. The molecule has 118 valence electrons. The monoisotopic (exact) mass is 300 g/mol. The number of carbonyl (C=O) groups is 1. The van der Waals surface area contributed by atoms with Crippen LogP contribution in [0.2, 0.25) is 0 Å². The Bertz CT molecular complexity index is 677. The molecule has 4 nitrogen and oxygen atoms in total. The summed E-state index contributed by atoms with van der Waals surface area (Å²) in [6.45, 7) is 2.68. The summed E-state index contributed by atoms with van der Waals surface area (Å²) in [5.41, 5.74) is 7.97. The quantitative estimate of drug-likeness (QED) is 0.944. The van der Waals surface area contributed by atoms with Crippen molar-refractivity contribution in [1.82, 2.24) is 4.90 Å². The Labute approximate surface area is 131 Å². The fourth-order valence-electron chi connectivity index (χ4n) is 3.48. The van der Waals surface area contributed by atoms with Crippen LogP contribution in [0, 0.1) is 5.92 Å². The zero-order valence-corrected chi connectivity index (χ0v) is 13.3. The van der Waals surface area contributed by atoms with Gasteiger partial charge in [0.15, 0.2) is 0 Å². The lowest BCUT2D eigenvalue weighted by Crippen LogP contribution is -2.32. The van der Waals surface area contributed by atoms with E-state index in [0.717, 1.165) is 48.0 Å². The first-order valence-corrected chi connectivity index (χ1v) is 8.10. The van der Waals surface area contributed by atoms with Gasteiger partial charge in [-0.25, -0.2) is 0 Å². The Balaban J connectivity index is 1.81. The van der Waals surface area contributed by atoms with E-state index in [9.17, 15) is 4.79 Å². The summed E-state index contributed by atoms with van der Waals surface area (Å²) in [4.78, 5) is 14.4. The van der Waals surface area contributed by atoms with Crippen molar-refractivity contribution >= 4 is 16.9 Å². The maximum Gasteiger partial charge on any atom is 0.225 e. The van der Waals surface area contributed by atoms with Gasteiger partial charge in [-0.1, -0.05) is 25.1 Å². The summed E-state index contributed by atoms with van der Waals surface area (Å²) in [5, 5.41) is 1.11. The topological polar surface area (TPSA) is 59.5 Å². The minimum atomic E-state index is 0.0863. The maximum atomic E-state index is 12.6. The van der Waals surface area contributed by atoms with E-state index in [1.807, 2.05) is 30.1 Å². The van der Waals surface area contributed by atoms with Crippen LogP contribution in [0.5, 0.6) is 0 Å². The van der Waals surface area contributed by atoms with Crippen LogP contribution >= 0.6 is 0 Å². The molecule has 1 aromatic carbocycles. The first kappa shape index (κ1) is 15.1. The average molecular weight is 300 g/mol. The Morgan fingerprint density at radius 2 is 2.14 bits per heavy atom. The number of nitrogens with zero attached hydrogens (tertiary/aromatic N) is 1. The highest BCUT2D eigenvalue weighted by atomic mass is 16.3. The third kappa shape index (κ3) is 2.75. The van der Waals surface area contributed by atoms with Crippen molar-refractivity contribution < 1.29 is 9.21 Å². The van der Waals surface area contributed by atoms with E-state index in [-0.39, 0.29) is 17.9 Å². The Morgan fingerprint density at radius 1 is 1.36 bits per heavy atom. The molecule has 1 heterocycles. The summed E-state index contributed by atoms with van der Waals surface area (Å²) in [6, 6.07) is 8.22. The van der Waals surface area contributed by atoms with Gasteiger partial charge in [-0.3, -0.25) is 4.79 Å². The number of hydrogen-bond donors (Lipinski definition) is 1. The van der Waals surface area contributed by atoms with E-state index in [4.69, 9.17) is 10.2 Å². The van der Waals surface area contributed by atoms with Crippen molar-refractivity contribution in [2.45, 2.75) is 45.2 Å². The van der Waals surface area contributed by atoms with Crippen molar-refractivity contribution in [3.63, 3.8) is 0 Å². The van der Waals surface area contributed by atoms with Crippen LogP contribution < -0.4 is 5.73 Å². The zero-order valence-electron chi connectivity index (χ0n) is 13.3. The number of amides is 1. The van der Waals surface area contributed by atoms with Crippen LogP contribution in [0.1, 0.15) is 37.5 Å². The van der Waals surface area contributed by atoms with Gasteiger partial charge in [0.05, 0.1) is 0 Å². The second kappa shape index (κ2) is 6.13. The third-order valence-electron chi connectivity index (χ3n) is 4.70. The second-order valence-electron chi connectivity index (χ2n) is 6.32. The highest BCUT2D eigenvalue weighted by Crippen LogP contribution is 2.29. The SMILES string of the molecule is CCc1oc2ccccc2c1CN(C)C(=O)C1CCC(N)C1. The lowest BCUT2D eigenvalue weighted by molar-refractivity contribution is -0.134. The lowest BCUT2D eigenvalue weighted by Gasteiger charge is -2.21. The molecule has 1 aliphatic carbocycles. The van der Waals surface area contributed by atoms with Crippen molar-refractivity contribution in [2.75, 3.05) is 7.05 Å². The zero-order chi connectivity index (χ0) is 15.7. The number of para-hydroxylation sites is 1. The molecule has 2 aromatic rings. The molecule has 2 atom stereocenters.